The van der Waals surface area contributed by atoms with Crippen LogP contribution in [0.4, 0.5) is 4.79 Å². The van der Waals surface area contributed by atoms with E-state index in [0.29, 0.717) is 6.54 Å². The fourth-order valence-corrected chi connectivity index (χ4v) is 1.36. The van der Waals surface area contributed by atoms with Crippen LogP contribution in [0.1, 0.15) is 5.69 Å². The van der Waals surface area contributed by atoms with Gasteiger partial charge < -0.3 is 5.11 Å². The van der Waals surface area contributed by atoms with Crippen LogP contribution in [0.3, 0.4) is 0 Å². The first-order chi connectivity index (χ1) is 7.27. The van der Waals surface area contributed by atoms with Crippen molar-refractivity contribution in [1.82, 2.24) is 9.88 Å². The van der Waals surface area contributed by atoms with E-state index >= 15 is 0 Å². The van der Waals surface area contributed by atoms with E-state index in [1.165, 1.54) is 4.90 Å². The van der Waals surface area contributed by atoms with Crippen molar-refractivity contribution in [1.29, 1.82) is 0 Å². The van der Waals surface area contributed by atoms with Gasteiger partial charge >= 0.3 is 6.09 Å². The number of hydrogen-bond acceptors (Lipinski definition) is 2. The van der Waals surface area contributed by atoms with Gasteiger partial charge in [0.15, 0.2) is 0 Å². The molecule has 0 atom stereocenters. The molecule has 0 saturated heterocycles. The van der Waals surface area contributed by atoms with E-state index in [1.807, 2.05) is 24.3 Å². The van der Waals surface area contributed by atoms with E-state index in [-0.39, 0.29) is 0 Å². The Bertz CT molecular complexity index is 423. The highest BCUT2D eigenvalue weighted by Gasteiger charge is 2.11. The maximum absolute atomic E-state index is 10.6. The molecule has 0 aliphatic carbocycles. The van der Waals surface area contributed by atoms with Crippen LogP contribution in [0.25, 0.3) is 5.57 Å². The maximum Gasteiger partial charge on any atom is 0.411 e. The first kappa shape index (κ1) is 9.45. The fourth-order valence-electron chi connectivity index (χ4n) is 1.36. The third-order valence-corrected chi connectivity index (χ3v) is 2.15. The highest BCUT2D eigenvalue weighted by atomic mass is 16.4. The second-order valence-corrected chi connectivity index (χ2v) is 3.13. The monoisotopic (exact) mass is 202 g/mol. The van der Waals surface area contributed by atoms with Crippen molar-refractivity contribution < 1.29 is 9.90 Å². The van der Waals surface area contributed by atoms with Crippen molar-refractivity contribution >= 4 is 11.7 Å². The number of rotatable bonds is 1. The Morgan fingerprint density at radius 1 is 1.47 bits per heavy atom. The molecule has 2 heterocycles. The van der Waals surface area contributed by atoms with Gasteiger partial charge in [0.05, 0.1) is 5.69 Å². The lowest BCUT2D eigenvalue weighted by Crippen LogP contribution is -2.25. The second-order valence-electron chi connectivity index (χ2n) is 3.13. The molecule has 4 nitrogen and oxygen atoms in total. The Hall–Kier alpha value is -2.10. The van der Waals surface area contributed by atoms with Crippen molar-refractivity contribution in [2.45, 2.75) is 0 Å². The molecule has 15 heavy (non-hydrogen) atoms. The smallest absolute Gasteiger partial charge is 0.411 e. The average molecular weight is 202 g/mol. The Kier molecular flexibility index (Phi) is 2.49. The normalized spacial score (nSPS) is 14.9. The van der Waals surface area contributed by atoms with E-state index in [4.69, 9.17) is 5.11 Å². The molecule has 0 aromatic carbocycles. The molecule has 76 valence electrons. The minimum atomic E-state index is -0.942. The zero-order valence-corrected chi connectivity index (χ0v) is 8.00. The average Bonchev–Trinajstić information content (AvgIpc) is 2.30. The number of hydrogen-bond donors (Lipinski definition) is 1. The summed E-state index contributed by atoms with van der Waals surface area (Å²) in [5.74, 6) is 0. The van der Waals surface area contributed by atoms with Crippen LogP contribution >= 0.6 is 0 Å². The largest absolute Gasteiger partial charge is 0.465 e. The minimum absolute atomic E-state index is 0.373. The van der Waals surface area contributed by atoms with Crippen molar-refractivity contribution in [2.75, 3.05) is 6.54 Å². The van der Waals surface area contributed by atoms with Crippen LogP contribution in [0, 0.1) is 0 Å². The molecule has 1 aromatic rings. The van der Waals surface area contributed by atoms with Gasteiger partial charge in [-0.1, -0.05) is 12.1 Å². The number of carbonyl (C=O) groups is 1. The lowest BCUT2D eigenvalue weighted by Gasteiger charge is -2.16. The number of allylic oxidation sites excluding steroid dienone is 2. The number of nitrogens with zero attached hydrogens (tertiary/aromatic N) is 2. The highest BCUT2D eigenvalue weighted by Crippen LogP contribution is 2.16. The predicted octanol–water partition coefficient (Wildman–Crippen LogP) is 1.97. The van der Waals surface area contributed by atoms with Crippen molar-refractivity contribution in [3.8, 4) is 0 Å². The summed E-state index contributed by atoms with van der Waals surface area (Å²) in [5, 5.41) is 8.72. The summed E-state index contributed by atoms with van der Waals surface area (Å²) in [6.45, 7) is 0.373. The zero-order chi connectivity index (χ0) is 10.7. The summed E-state index contributed by atoms with van der Waals surface area (Å²) in [5.41, 5.74) is 1.81. The van der Waals surface area contributed by atoms with Gasteiger partial charge in [-0.15, -0.1) is 0 Å². The van der Waals surface area contributed by atoms with Crippen LogP contribution in [0.15, 0.2) is 42.7 Å². The molecule has 0 fully saturated rings. The van der Waals surface area contributed by atoms with Crippen molar-refractivity contribution in [2.24, 2.45) is 0 Å². The van der Waals surface area contributed by atoms with E-state index in [0.717, 1.165) is 11.3 Å². The summed E-state index contributed by atoms with van der Waals surface area (Å²) < 4.78 is 0. The van der Waals surface area contributed by atoms with Gasteiger partial charge in [0.25, 0.3) is 0 Å². The van der Waals surface area contributed by atoms with Crippen LogP contribution in [0.5, 0.6) is 0 Å². The molecule has 0 spiro atoms. The number of pyridine rings is 1. The first-order valence-corrected chi connectivity index (χ1v) is 4.57. The third kappa shape index (κ3) is 2.04. The maximum atomic E-state index is 10.6. The Labute approximate surface area is 87.2 Å². The lowest BCUT2D eigenvalue weighted by molar-refractivity contribution is 0.166. The second kappa shape index (κ2) is 3.96. The molecular weight excluding hydrogens is 192 g/mol. The molecule has 2 rings (SSSR count). The lowest BCUT2D eigenvalue weighted by atomic mass is 10.1. The summed E-state index contributed by atoms with van der Waals surface area (Å²) in [4.78, 5) is 16.0. The molecular formula is C11H10N2O2. The van der Waals surface area contributed by atoms with Crippen molar-refractivity contribution in [3.63, 3.8) is 0 Å². The molecule has 0 unspecified atom stereocenters. The zero-order valence-electron chi connectivity index (χ0n) is 8.00. The minimum Gasteiger partial charge on any atom is -0.465 e. The Balaban J connectivity index is 2.17. The number of aromatic nitrogens is 1. The van der Waals surface area contributed by atoms with Gasteiger partial charge in [0, 0.05) is 18.9 Å². The van der Waals surface area contributed by atoms with E-state index < -0.39 is 6.09 Å². The van der Waals surface area contributed by atoms with Gasteiger partial charge in [-0.2, -0.15) is 0 Å². The molecule has 0 radical (unpaired) electrons. The van der Waals surface area contributed by atoms with Crippen LogP contribution in [-0.4, -0.2) is 27.6 Å². The molecule has 1 amide bonds. The topological polar surface area (TPSA) is 53.4 Å². The number of amides is 1. The highest BCUT2D eigenvalue weighted by molar-refractivity contribution is 5.76. The van der Waals surface area contributed by atoms with Crippen LogP contribution in [0.2, 0.25) is 0 Å². The fraction of sp³-hybridized carbons (Fsp3) is 0.0909. The first-order valence-electron chi connectivity index (χ1n) is 4.57. The van der Waals surface area contributed by atoms with Gasteiger partial charge in [-0.25, -0.2) is 4.79 Å². The molecule has 1 aliphatic rings. The summed E-state index contributed by atoms with van der Waals surface area (Å²) >= 11 is 0. The summed E-state index contributed by atoms with van der Waals surface area (Å²) in [6, 6.07) is 5.65. The summed E-state index contributed by atoms with van der Waals surface area (Å²) in [7, 11) is 0. The SMILES string of the molecule is O=C(O)N1C=CC(c2ccccn2)=CC1. The van der Waals surface area contributed by atoms with E-state index in [9.17, 15) is 4.79 Å². The number of carboxylic acid groups (broad SMARTS) is 1. The third-order valence-electron chi connectivity index (χ3n) is 2.15. The van der Waals surface area contributed by atoms with E-state index in [1.54, 1.807) is 18.5 Å². The standard InChI is InChI=1S/C11H10N2O2/c14-11(15)13-7-4-9(5-8-13)10-3-1-2-6-12-10/h1-7H,8H2,(H,14,15). The van der Waals surface area contributed by atoms with Gasteiger partial charge in [0.1, 0.15) is 0 Å². The summed E-state index contributed by atoms with van der Waals surface area (Å²) in [6.07, 6.45) is 5.92. The van der Waals surface area contributed by atoms with Gasteiger partial charge in [-0.3, -0.25) is 9.88 Å². The molecule has 0 saturated carbocycles. The Morgan fingerprint density at radius 3 is 2.87 bits per heavy atom. The van der Waals surface area contributed by atoms with Gasteiger partial charge in [0.2, 0.25) is 0 Å². The molecule has 4 heteroatoms. The predicted molar refractivity (Wildman–Crippen MR) is 56.1 cm³/mol. The molecule has 1 N–H and O–H groups in total. The molecule has 1 aromatic heterocycles. The molecule has 0 bridgehead atoms. The van der Waals surface area contributed by atoms with Gasteiger partial charge in [-0.05, 0) is 23.8 Å². The quantitative estimate of drug-likeness (QED) is 0.757. The van der Waals surface area contributed by atoms with Crippen LogP contribution < -0.4 is 0 Å². The molecule has 1 aliphatic heterocycles. The van der Waals surface area contributed by atoms with Crippen molar-refractivity contribution in [3.05, 3.63) is 48.4 Å². The van der Waals surface area contributed by atoms with Crippen LogP contribution in [-0.2, 0) is 0 Å². The Morgan fingerprint density at radius 2 is 2.33 bits per heavy atom. The van der Waals surface area contributed by atoms with E-state index in [2.05, 4.69) is 4.98 Å².